The Morgan fingerprint density at radius 3 is 3.00 bits per heavy atom. The highest BCUT2D eigenvalue weighted by Gasteiger charge is 1.98. The number of aliphatic hydroxyl groups excluding tert-OH is 1. The van der Waals surface area contributed by atoms with Gasteiger partial charge >= 0.3 is 0 Å². The summed E-state index contributed by atoms with van der Waals surface area (Å²) in [6.07, 6.45) is 1.82. The summed E-state index contributed by atoms with van der Waals surface area (Å²) in [7, 11) is 0. The van der Waals surface area contributed by atoms with Gasteiger partial charge in [-0.1, -0.05) is 0 Å². The normalized spacial score (nSPS) is 10.2. The molecule has 1 rings (SSSR count). The minimum absolute atomic E-state index is 0.275. The Labute approximate surface area is 64.5 Å². The molecule has 0 bridgehead atoms. The Hall–Kier alpha value is -0.410. The van der Waals surface area contributed by atoms with Gasteiger partial charge in [-0.25, -0.2) is 4.98 Å². The van der Waals surface area contributed by atoms with E-state index >= 15 is 0 Å². The van der Waals surface area contributed by atoms with Crippen molar-refractivity contribution >= 4 is 11.3 Å². The molecular formula is C7H11NOS. The monoisotopic (exact) mass is 157 g/mol. The molecule has 3 heteroatoms. The van der Waals surface area contributed by atoms with Crippen LogP contribution >= 0.6 is 11.3 Å². The van der Waals surface area contributed by atoms with Crippen molar-refractivity contribution < 1.29 is 5.11 Å². The zero-order chi connectivity index (χ0) is 7.40. The second-order valence-corrected chi connectivity index (χ2v) is 3.13. The summed E-state index contributed by atoms with van der Waals surface area (Å²) in [4.78, 5) is 5.41. The molecule has 0 spiro atoms. The molecule has 0 saturated carbocycles. The maximum absolute atomic E-state index is 8.54. The van der Waals surface area contributed by atoms with Gasteiger partial charge in [-0.05, 0) is 19.8 Å². The van der Waals surface area contributed by atoms with Crippen LogP contribution in [0.4, 0.5) is 0 Å². The number of aromatic nitrogens is 1. The number of nitrogens with zero attached hydrogens (tertiary/aromatic N) is 1. The van der Waals surface area contributed by atoms with Crippen molar-refractivity contribution in [3.63, 3.8) is 0 Å². The summed E-state index contributed by atoms with van der Waals surface area (Å²) in [6, 6.07) is 0. The van der Waals surface area contributed by atoms with E-state index in [0.29, 0.717) is 0 Å². The summed E-state index contributed by atoms with van der Waals surface area (Å²) < 4.78 is 0. The average molecular weight is 157 g/mol. The third-order valence-electron chi connectivity index (χ3n) is 1.41. The molecule has 10 heavy (non-hydrogen) atoms. The van der Waals surface area contributed by atoms with E-state index in [2.05, 4.69) is 4.98 Å². The van der Waals surface area contributed by atoms with Gasteiger partial charge in [0, 0.05) is 11.5 Å². The van der Waals surface area contributed by atoms with Gasteiger partial charge in [0.05, 0.1) is 11.2 Å². The Balaban J connectivity index is 2.49. The molecule has 0 unspecified atom stereocenters. The summed E-state index contributed by atoms with van der Waals surface area (Å²) in [5.74, 6) is 0. The molecule has 0 saturated heterocycles. The number of aryl methyl sites for hydroxylation is 2. The largest absolute Gasteiger partial charge is 0.396 e. The summed E-state index contributed by atoms with van der Waals surface area (Å²) in [5.41, 5.74) is 2.96. The number of hydrogen-bond acceptors (Lipinski definition) is 3. The van der Waals surface area contributed by atoms with Crippen LogP contribution in [-0.2, 0) is 6.42 Å². The lowest BCUT2D eigenvalue weighted by Crippen LogP contribution is -1.88. The van der Waals surface area contributed by atoms with Gasteiger partial charge in [0.1, 0.15) is 0 Å². The van der Waals surface area contributed by atoms with Crippen LogP contribution in [0.2, 0.25) is 0 Å². The first-order valence-corrected chi connectivity index (χ1v) is 4.22. The van der Waals surface area contributed by atoms with E-state index in [1.54, 1.807) is 11.3 Å². The van der Waals surface area contributed by atoms with E-state index in [9.17, 15) is 0 Å². The zero-order valence-corrected chi connectivity index (χ0v) is 6.82. The fourth-order valence-corrected chi connectivity index (χ4v) is 1.63. The van der Waals surface area contributed by atoms with Crippen molar-refractivity contribution in [3.8, 4) is 0 Å². The first kappa shape index (κ1) is 7.69. The van der Waals surface area contributed by atoms with E-state index in [0.717, 1.165) is 18.5 Å². The van der Waals surface area contributed by atoms with Crippen molar-refractivity contribution in [2.45, 2.75) is 19.8 Å². The minimum Gasteiger partial charge on any atom is -0.396 e. The standard InChI is InChI=1S/C7H11NOS/c1-6-7(3-2-4-9)10-5-8-6/h5,9H,2-4H2,1H3. The van der Waals surface area contributed by atoms with Crippen molar-refractivity contribution in [1.82, 2.24) is 4.98 Å². The van der Waals surface area contributed by atoms with Gasteiger partial charge in [0.2, 0.25) is 0 Å². The fraction of sp³-hybridized carbons (Fsp3) is 0.571. The molecule has 56 valence electrons. The molecule has 0 aliphatic rings. The maximum atomic E-state index is 8.54. The molecule has 1 aromatic heterocycles. The Kier molecular flexibility index (Phi) is 2.83. The van der Waals surface area contributed by atoms with Crippen molar-refractivity contribution in [1.29, 1.82) is 0 Å². The molecular weight excluding hydrogens is 146 g/mol. The summed E-state index contributed by atoms with van der Waals surface area (Å²) >= 11 is 1.67. The van der Waals surface area contributed by atoms with Gasteiger partial charge < -0.3 is 5.11 Å². The van der Waals surface area contributed by atoms with E-state index in [4.69, 9.17) is 5.11 Å². The molecule has 2 nitrogen and oxygen atoms in total. The van der Waals surface area contributed by atoms with E-state index in [1.165, 1.54) is 4.88 Å². The first-order valence-electron chi connectivity index (χ1n) is 3.34. The quantitative estimate of drug-likeness (QED) is 0.719. The van der Waals surface area contributed by atoms with Gasteiger partial charge in [-0.15, -0.1) is 11.3 Å². The van der Waals surface area contributed by atoms with Crippen LogP contribution in [0, 0.1) is 6.92 Å². The van der Waals surface area contributed by atoms with Crippen LogP contribution in [0.15, 0.2) is 5.51 Å². The van der Waals surface area contributed by atoms with Crippen LogP contribution in [-0.4, -0.2) is 16.7 Å². The lowest BCUT2D eigenvalue weighted by molar-refractivity contribution is 0.289. The highest BCUT2D eigenvalue weighted by molar-refractivity contribution is 7.09. The first-order chi connectivity index (χ1) is 4.84. The highest BCUT2D eigenvalue weighted by Crippen LogP contribution is 2.13. The Bertz CT molecular complexity index is 197. The number of rotatable bonds is 3. The van der Waals surface area contributed by atoms with Crippen LogP contribution < -0.4 is 0 Å². The molecule has 0 fully saturated rings. The minimum atomic E-state index is 0.275. The van der Waals surface area contributed by atoms with E-state index < -0.39 is 0 Å². The zero-order valence-electron chi connectivity index (χ0n) is 6.00. The number of aliphatic hydroxyl groups is 1. The van der Waals surface area contributed by atoms with Gasteiger partial charge in [-0.3, -0.25) is 0 Å². The maximum Gasteiger partial charge on any atom is 0.0797 e. The van der Waals surface area contributed by atoms with Crippen molar-refractivity contribution in [2.24, 2.45) is 0 Å². The van der Waals surface area contributed by atoms with E-state index in [-0.39, 0.29) is 6.61 Å². The summed E-state index contributed by atoms with van der Waals surface area (Å²) in [5, 5.41) is 8.54. The van der Waals surface area contributed by atoms with Gasteiger partial charge in [0.15, 0.2) is 0 Å². The molecule has 0 aromatic carbocycles. The highest BCUT2D eigenvalue weighted by atomic mass is 32.1. The number of thiazole rings is 1. The molecule has 1 N–H and O–H groups in total. The number of hydrogen-bond donors (Lipinski definition) is 1. The Morgan fingerprint density at radius 1 is 1.70 bits per heavy atom. The molecule has 0 amide bonds. The summed E-state index contributed by atoms with van der Waals surface area (Å²) in [6.45, 7) is 2.28. The van der Waals surface area contributed by atoms with Gasteiger partial charge in [0.25, 0.3) is 0 Å². The topological polar surface area (TPSA) is 33.1 Å². The molecule has 1 aromatic rings. The SMILES string of the molecule is Cc1ncsc1CCCO. The smallest absolute Gasteiger partial charge is 0.0797 e. The lowest BCUT2D eigenvalue weighted by Gasteiger charge is -1.93. The van der Waals surface area contributed by atoms with Gasteiger partial charge in [-0.2, -0.15) is 0 Å². The Morgan fingerprint density at radius 2 is 2.50 bits per heavy atom. The molecule has 0 aliphatic heterocycles. The fourth-order valence-electron chi connectivity index (χ4n) is 0.806. The second-order valence-electron chi connectivity index (χ2n) is 2.19. The lowest BCUT2D eigenvalue weighted by atomic mass is 10.2. The molecule has 1 heterocycles. The van der Waals surface area contributed by atoms with Crippen molar-refractivity contribution in [2.75, 3.05) is 6.61 Å². The predicted molar refractivity (Wildman–Crippen MR) is 42.3 cm³/mol. The average Bonchev–Trinajstić information content (AvgIpc) is 2.31. The molecule has 0 radical (unpaired) electrons. The predicted octanol–water partition coefficient (Wildman–Crippen LogP) is 1.38. The van der Waals surface area contributed by atoms with Crippen LogP contribution in [0.25, 0.3) is 0 Å². The van der Waals surface area contributed by atoms with Crippen LogP contribution in [0.5, 0.6) is 0 Å². The van der Waals surface area contributed by atoms with Crippen molar-refractivity contribution in [3.05, 3.63) is 16.1 Å². The van der Waals surface area contributed by atoms with Crippen LogP contribution in [0.1, 0.15) is 17.0 Å². The second kappa shape index (κ2) is 3.68. The molecule has 0 aliphatic carbocycles. The third-order valence-corrected chi connectivity index (χ3v) is 2.40. The third kappa shape index (κ3) is 1.78. The van der Waals surface area contributed by atoms with E-state index in [1.807, 2.05) is 12.4 Å². The molecule has 0 atom stereocenters. The van der Waals surface area contributed by atoms with Crippen LogP contribution in [0.3, 0.4) is 0 Å².